The normalized spacial score (nSPS) is 18.0. The van der Waals surface area contributed by atoms with Gasteiger partial charge in [-0.05, 0) is 20.5 Å². The summed E-state index contributed by atoms with van der Waals surface area (Å²) < 4.78 is 0. The van der Waals surface area contributed by atoms with Crippen LogP contribution in [0, 0.1) is 0 Å². The maximum absolute atomic E-state index is 2.54. The Balaban J connectivity index is 3.37. The molecule has 107 valence electrons. The maximum atomic E-state index is 2.54. The lowest BCUT2D eigenvalue weighted by molar-refractivity contribution is 0.451. The van der Waals surface area contributed by atoms with Crippen molar-refractivity contribution in [2.45, 2.75) is 53.2 Å². The summed E-state index contributed by atoms with van der Waals surface area (Å²) in [5, 5.41) is 1.79. The number of hydrogen-bond donors (Lipinski definition) is 0. The summed E-state index contributed by atoms with van der Waals surface area (Å²) in [5.41, 5.74) is 3.48. The van der Waals surface area contributed by atoms with E-state index in [2.05, 4.69) is 65.8 Å². The van der Waals surface area contributed by atoms with Crippen LogP contribution >= 0.6 is 0 Å². The molecule has 1 radical (unpaired) electrons. The molecule has 4 heteroatoms. The Morgan fingerprint density at radius 3 is 2.00 bits per heavy atom. The molecule has 0 spiro atoms. The molecule has 1 aliphatic heterocycles. The summed E-state index contributed by atoms with van der Waals surface area (Å²) in [4.78, 5) is 4.27. The molecular weight excluding hydrogens is 261 g/mol. The maximum Gasteiger partial charge on any atom is 0.168 e. The van der Waals surface area contributed by atoms with E-state index in [0.29, 0.717) is 6.71 Å². The fourth-order valence-corrected chi connectivity index (χ4v) is 12.1. The zero-order chi connectivity index (χ0) is 15.0. The Morgan fingerprint density at radius 1 is 1.16 bits per heavy atom. The SMILES string of the molecule is CCC1=C(CN(C)C)[Si](C)C([Si](C)(C)C)=C1B(C)C. The summed E-state index contributed by atoms with van der Waals surface area (Å²) in [6.45, 7) is 19.1. The Bertz CT molecular complexity index is 403. The largest absolute Gasteiger partial charge is 0.306 e. The van der Waals surface area contributed by atoms with Crippen LogP contribution in [0.4, 0.5) is 0 Å². The van der Waals surface area contributed by atoms with Gasteiger partial charge in [0.1, 0.15) is 8.80 Å². The number of hydrogen-bond acceptors (Lipinski definition) is 1. The molecule has 1 rings (SSSR count). The van der Waals surface area contributed by atoms with Gasteiger partial charge in [0.15, 0.2) is 6.71 Å². The molecule has 1 aliphatic rings. The number of rotatable bonds is 5. The van der Waals surface area contributed by atoms with Gasteiger partial charge in [0.2, 0.25) is 0 Å². The van der Waals surface area contributed by atoms with Crippen molar-refractivity contribution in [2.75, 3.05) is 20.6 Å². The topological polar surface area (TPSA) is 3.24 Å². The lowest BCUT2D eigenvalue weighted by Gasteiger charge is -2.27. The van der Waals surface area contributed by atoms with Gasteiger partial charge >= 0.3 is 0 Å². The van der Waals surface area contributed by atoms with Gasteiger partial charge in [0.25, 0.3) is 0 Å². The molecule has 1 heterocycles. The van der Waals surface area contributed by atoms with Crippen molar-refractivity contribution < 1.29 is 0 Å². The van der Waals surface area contributed by atoms with Gasteiger partial charge in [0, 0.05) is 6.54 Å². The van der Waals surface area contributed by atoms with Gasteiger partial charge in [-0.2, -0.15) is 0 Å². The van der Waals surface area contributed by atoms with E-state index >= 15 is 0 Å². The molecule has 0 aliphatic carbocycles. The Kier molecular flexibility index (Phi) is 5.50. The van der Waals surface area contributed by atoms with E-state index in [1.54, 1.807) is 16.2 Å². The lowest BCUT2D eigenvalue weighted by Crippen LogP contribution is -2.36. The van der Waals surface area contributed by atoms with E-state index in [1.807, 2.05) is 4.82 Å². The van der Waals surface area contributed by atoms with Gasteiger partial charge in [-0.15, -0.1) is 0 Å². The van der Waals surface area contributed by atoms with Crippen molar-refractivity contribution in [3.05, 3.63) is 21.1 Å². The standard InChI is InChI=1S/C15H31BNSi2/c1-10-12-13(11-17(4)5)18(6)15(19(7,8)9)14(12)16(2)3/h10-11H2,1-9H3. The first-order valence-electron chi connectivity index (χ1n) is 7.57. The van der Waals surface area contributed by atoms with E-state index < -0.39 is 16.9 Å². The van der Waals surface area contributed by atoms with E-state index in [9.17, 15) is 0 Å². The number of nitrogens with zero attached hydrogens (tertiary/aromatic N) is 1. The molecule has 0 saturated carbocycles. The van der Waals surface area contributed by atoms with Crippen LogP contribution < -0.4 is 0 Å². The van der Waals surface area contributed by atoms with Gasteiger partial charge < -0.3 is 4.90 Å². The average molecular weight is 292 g/mol. The minimum Gasteiger partial charge on any atom is -0.306 e. The molecule has 0 aromatic carbocycles. The highest BCUT2D eigenvalue weighted by Gasteiger charge is 2.38. The van der Waals surface area contributed by atoms with Crippen molar-refractivity contribution in [3.63, 3.8) is 0 Å². The zero-order valence-corrected chi connectivity index (χ0v) is 16.4. The highest BCUT2D eigenvalue weighted by atomic mass is 28.4. The predicted molar refractivity (Wildman–Crippen MR) is 95.3 cm³/mol. The summed E-state index contributed by atoms with van der Waals surface area (Å²) in [5.74, 6) is 0. The second kappa shape index (κ2) is 6.15. The molecular formula is C15H31BNSi2. The van der Waals surface area contributed by atoms with E-state index in [0.717, 1.165) is 6.54 Å². The first-order valence-corrected chi connectivity index (χ1v) is 13.1. The molecule has 0 fully saturated rings. The third-order valence-electron chi connectivity index (χ3n) is 3.94. The molecule has 0 saturated heterocycles. The smallest absolute Gasteiger partial charge is 0.168 e. The molecule has 19 heavy (non-hydrogen) atoms. The second-order valence-corrected chi connectivity index (χ2v) is 15.2. The first kappa shape index (κ1) is 17.0. The molecule has 0 atom stereocenters. The molecule has 0 N–H and O–H groups in total. The van der Waals surface area contributed by atoms with E-state index in [1.165, 1.54) is 6.42 Å². The van der Waals surface area contributed by atoms with Crippen LogP contribution in [0.25, 0.3) is 0 Å². The fourth-order valence-electron chi connectivity index (χ4n) is 3.43. The van der Waals surface area contributed by atoms with Crippen molar-refractivity contribution in [1.82, 2.24) is 4.90 Å². The Hall–Kier alpha value is -0.0613. The van der Waals surface area contributed by atoms with Crippen LogP contribution in [0.1, 0.15) is 13.3 Å². The quantitative estimate of drug-likeness (QED) is 0.694. The minimum absolute atomic E-state index is 0.460. The summed E-state index contributed by atoms with van der Waals surface area (Å²) in [6.07, 6.45) is 1.21. The summed E-state index contributed by atoms with van der Waals surface area (Å²) >= 11 is 0. The van der Waals surface area contributed by atoms with Gasteiger partial charge in [-0.1, -0.05) is 67.8 Å². The number of allylic oxidation sites excluding steroid dienone is 2. The third kappa shape index (κ3) is 3.53. The van der Waals surface area contributed by atoms with Crippen molar-refractivity contribution in [3.8, 4) is 0 Å². The Labute approximate surface area is 123 Å². The van der Waals surface area contributed by atoms with Crippen molar-refractivity contribution in [2.24, 2.45) is 0 Å². The van der Waals surface area contributed by atoms with E-state index in [4.69, 9.17) is 0 Å². The first-order chi connectivity index (χ1) is 8.61. The zero-order valence-electron chi connectivity index (χ0n) is 14.4. The molecule has 1 nitrogen and oxygen atoms in total. The molecule has 0 amide bonds. The van der Waals surface area contributed by atoms with Crippen LogP contribution in [0.3, 0.4) is 0 Å². The molecule has 0 aromatic rings. The van der Waals surface area contributed by atoms with Crippen molar-refractivity contribution >= 4 is 23.6 Å². The van der Waals surface area contributed by atoms with Crippen LogP contribution in [0.2, 0.25) is 39.8 Å². The van der Waals surface area contributed by atoms with Gasteiger partial charge in [0.05, 0.1) is 8.07 Å². The summed E-state index contributed by atoms with van der Waals surface area (Å²) in [6, 6.07) is 0. The molecule has 0 bridgehead atoms. The Morgan fingerprint density at radius 2 is 1.68 bits per heavy atom. The van der Waals surface area contributed by atoms with Crippen LogP contribution in [-0.4, -0.2) is 49.1 Å². The monoisotopic (exact) mass is 292 g/mol. The summed E-state index contributed by atoms with van der Waals surface area (Å²) in [7, 11) is 2.75. The lowest BCUT2D eigenvalue weighted by atomic mass is 9.47. The third-order valence-corrected chi connectivity index (χ3v) is 11.5. The highest BCUT2D eigenvalue weighted by Crippen LogP contribution is 2.39. The van der Waals surface area contributed by atoms with E-state index in [-0.39, 0.29) is 0 Å². The molecule has 0 aromatic heterocycles. The second-order valence-electron chi connectivity index (χ2n) is 7.37. The van der Waals surface area contributed by atoms with Crippen LogP contribution in [0.5, 0.6) is 0 Å². The van der Waals surface area contributed by atoms with Crippen molar-refractivity contribution in [1.29, 1.82) is 0 Å². The fraction of sp³-hybridized carbons (Fsp3) is 0.733. The van der Waals surface area contributed by atoms with Crippen LogP contribution in [0.15, 0.2) is 21.1 Å². The van der Waals surface area contributed by atoms with Gasteiger partial charge in [-0.3, -0.25) is 0 Å². The molecule has 0 unspecified atom stereocenters. The highest BCUT2D eigenvalue weighted by molar-refractivity contribution is 7.02. The van der Waals surface area contributed by atoms with Gasteiger partial charge in [-0.25, -0.2) is 0 Å². The number of likely N-dealkylation sites (N-methyl/N-ethyl adjacent to an activating group) is 1. The minimum atomic E-state index is -1.20. The predicted octanol–water partition coefficient (Wildman–Crippen LogP) is 3.94. The average Bonchev–Trinajstić information content (AvgIpc) is 2.50. The van der Waals surface area contributed by atoms with Crippen LogP contribution in [-0.2, 0) is 0 Å².